The maximum atomic E-state index is 12.0. The predicted octanol–water partition coefficient (Wildman–Crippen LogP) is 1.01. The molecule has 2 fully saturated rings. The van der Waals surface area contributed by atoms with Crippen molar-refractivity contribution in [1.29, 1.82) is 0 Å². The van der Waals surface area contributed by atoms with E-state index in [0.717, 1.165) is 25.9 Å². The molecule has 2 saturated heterocycles. The fourth-order valence-electron chi connectivity index (χ4n) is 3.37. The van der Waals surface area contributed by atoms with Crippen molar-refractivity contribution in [3.05, 3.63) is 11.7 Å². The average Bonchev–Trinajstić information content (AvgIpc) is 2.98. The molecule has 0 unspecified atom stereocenters. The molecule has 0 radical (unpaired) electrons. The van der Waals surface area contributed by atoms with E-state index >= 15 is 0 Å². The lowest BCUT2D eigenvalue weighted by Crippen LogP contribution is -2.52. The van der Waals surface area contributed by atoms with Crippen molar-refractivity contribution in [3.8, 4) is 0 Å². The van der Waals surface area contributed by atoms with Crippen LogP contribution in [0.15, 0.2) is 4.52 Å². The zero-order valence-corrected chi connectivity index (χ0v) is 15.8. The first-order valence-corrected chi connectivity index (χ1v) is 10.3. The third kappa shape index (κ3) is 3.87. The summed E-state index contributed by atoms with van der Waals surface area (Å²) in [6.07, 6.45) is 2.31. The van der Waals surface area contributed by atoms with Gasteiger partial charge in [0.2, 0.25) is 21.8 Å². The highest BCUT2D eigenvalue weighted by molar-refractivity contribution is 7.89. The topological polar surface area (TPSA) is 96.6 Å². The second kappa shape index (κ2) is 7.03. The molecule has 3 heterocycles. The molecule has 1 aromatic heterocycles. The summed E-state index contributed by atoms with van der Waals surface area (Å²) in [5.41, 5.74) is 0. The van der Waals surface area contributed by atoms with Crippen molar-refractivity contribution in [1.82, 2.24) is 19.3 Å². The van der Waals surface area contributed by atoms with Gasteiger partial charge in [0.05, 0.1) is 5.25 Å². The third-order valence-corrected chi connectivity index (χ3v) is 7.34. The molecule has 1 aromatic rings. The molecular formula is C16H26N4O4S. The van der Waals surface area contributed by atoms with Crippen LogP contribution in [-0.2, 0) is 21.2 Å². The normalized spacial score (nSPS) is 20.9. The van der Waals surface area contributed by atoms with E-state index in [1.54, 1.807) is 20.8 Å². The smallest absolute Gasteiger partial charge is 0.227 e. The summed E-state index contributed by atoms with van der Waals surface area (Å²) in [6, 6.07) is 0. The van der Waals surface area contributed by atoms with Crippen LogP contribution >= 0.6 is 0 Å². The lowest BCUT2D eigenvalue weighted by atomic mass is 9.96. The lowest BCUT2D eigenvalue weighted by molar-refractivity contribution is -0.129. The maximum absolute atomic E-state index is 12.0. The summed E-state index contributed by atoms with van der Waals surface area (Å²) in [4.78, 5) is 17.7. The van der Waals surface area contributed by atoms with Gasteiger partial charge in [0, 0.05) is 45.4 Å². The minimum absolute atomic E-state index is 0.109. The predicted molar refractivity (Wildman–Crippen MR) is 91.3 cm³/mol. The van der Waals surface area contributed by atoms with Gasteiger partial charge >= 0.3 is 0 Å². The number of nitrogens with zero attached hydrogens (tertiary/aromatic N) is 4. The second-order valence-electron chi connectivity index (χ2n) is 7.31. The van der Waals surface area contributed by atoms with E-state index in [0.29, 0.717) is 31.2 Å². The van der Waals surface area contributed by atoms with E-state index in [-0.39, 0.29) is 23.0 Å². The molecule has 0 spiro atoms. The van der Waals surface area contributed by atoms with E-state index in [1.807, 2.05) is 4.90 Å². The largest absolute Gasteiger partial charge is 0.343 e. The molecule has 0 bridgehead atoms. The number of rotatable bonds is 5. The molecule has 0 atom stereocenters. The van der Waals surface area contributed by atoms with Gasteiger partial charge in [-0.3, -0.25) is 4.79 Å². The van der Waals surface area contributed by atoms with E-state index < -0.39 is 10.0 Å². The first-order chi connectivity index (χ1) is 11.8. The Kier molecular flexibility index (Phi) is 5.15. The number of hydrogen-bond acceptors (Lipinski definition) is 6. The van der Waals surface area contributed by atoms with Gasteiger partial charge < -0.3 is 9.42 Å². The Bertz CT molecular complexity index is 716. The molecule has 140 valence electrons. The Morgan fingerprint density at radius 3 is 2.48 bits per heavy atom. The number of hydrogen-bond donors (Lipinski definition) is 0. The Balaban J connectivity index is 1.50. The molecule has 25 heavy (non-hydrogen) atoms. The number of carbonyl (C=O) groups is 1. The number of carbonyl (C=O) groups excluding carboxylic acids is 1. The summed E-state index contributed by atoms with van der Waals surface area (Å²) in [5, 5.41) is 3.71. The zero-order valence-electron chi connectivity index (χ0n) is 15.0. The highest BCUT2D eigenvalue weighted by atomic mass is 32.2. The first-order valence-electron chi connectivity index (χ1n) is 8.84. The maximum Gasteiger partial charge on any atom is 0.227 e. The van der Waals surface area contributed by atoms with Crippen LogP contribution in [-0.4, -0.2) is 65.1 Å². The SMILES string of the molecule is CC(=O)N1CCC(c2noc(CC3CN(S(=O)(=O)C(C)C)C3)n2)CC1. The summed E-state index contributed by atoms with van der Waals surface area (Å²) < 4.78 is 31.0. The number of amides is 1. The van der Waals surface area contributed by atoms with Crippen molar-refractivity contribution < 1.29 is 17.7 Å². The molecule has 0 saturated carbocycles. The summed E-state index contributed by atoms with van der Waals surface area (Å²) >= 11 is 0. The molecule has 3 rings (SSSR count). The van der Waals surface area contributed by atoms with Gasteiger partial charge in [0.1, 0.15) is 0 Å². The fourth-order valence-corrected chi connectivity index (χ4v) is 4.81. The molecule has 0 N–H and O–H groups in total. The summed E-state index contributed by atoms with van der Waals surface area (Å²) in [5.74, 6) is 1.87. The average molecular weight is 370 g/mol. The van der Waals surface area contributed by atoms with Gasteiger partial charge in [0.25, 0.3) is 0 Å². The summed E-state index contributed by atoms with van der Waals surface area (Å²) in [6.45, 7) is 7.50. The van der Waals surface area contributed by atoms with Crippen LogP contribution in [0, 0.1) is 5.92 Å². The Morgan fingerprint density at radius 2 is 1.92 bits per heavy atom. The molecule has 8 nitrogen and oxygen atoms in total. The van der Waals surface area contributed by atoms with E-state index in [1.165, 1.54) is 4.31 Å². The van der Waals surface area contributed by atoms with Gasteiger partial charge in [-0.1, -0.05) is 5.16 Å². The van der Waals surface area contributed by atoms with Gasteiger partial charge in [-0.15, -0.1) is 0 Å². The highest BCUT2D eigenvalue weighted by Gasteiger charge is 2.38. The molecule has 0 aliphatic carbocycles. The molecular weight excluding hydrogens is 344 g/mol. The quantitative estimate of drug-likeness (QED) is 0.767. The number of likely N-dealkylation sites (tertiary alicyclic amines) is 1. The minimum atomic E-state index is -3.16. The highest BCUT2D eigenvalue weighted by Crippen LogP contribution is 2.28. The monoisotopic (exact) mass is 370 g/mol. The van der Waals surface area contributed by atoms with Gasteiger partial charge in [0.15, 0.2) is 5.82 Å². The molecule has 0 aromatic carbocycles. The first kappa shape index (κ1) is 18.3. The van der Waals surface area contributed by atoms with E-state index in [9.17, 15) is 13.2 Å². The zero-order chi connectivity index (χ0) is 18.2. The summed E-state index contributed by atoms with van der Waals surface area (Å²) in [7, 11) is -3.16. The number of aromatic nitrogens is 2. The van der Waals surface area contributed by atoms with Crippen LogP contribution in [0.5, 0.6) is 0 Å². The van der Waals surface area contributed by atoms with E-state index in [4.69, 9.17) is 4.52 Å². The van der Waals surface area contributed by atoms with Gasteiger partial charge in [-0.25, -0.2) is 12.7 Å². The van der Waals surface area contributed by atoms with Crippen molar-refractivity contribution >= 4 is 15.9 Å². The molecule has 1 amide bonds. The second-order valence-corrected chi connectivity index (χ2v) is 9.80. The Labute approximate surface area is 148 Å². The van der Waals surface area contributed by atoms with Crippen LogP contribution < -0.4 is 0 Å². The third-order valence-electron chi connectivity index (χ3n) is 5.13. The van der Waals surface area contributed by atoms with Crippen molar-refractivity contribution in [3.63, 3.8) is 0 Å². The molecule has 9 heteroatoms. The van der Waals surface area contributed by atoms with Gasteiger partial charge in [-0.2, -0.15) is 4.98 Å². The van der Waals surface area contributed by atoms with Crippen LogP contribution in [0.3, 0.4) is 0 Å². The van der Waals surface area contributed by atoms with Crippen LogP contribution in [0.25, 0.3) is 0 Å². The standard InChI is InChI=1S/C16H26N4O4S/c1-11(2)25(22,23)20-9-13(10-20)8-15-17-16(18-24-15)14-4-6-19(7-5-14)12(3)21/h11,13-14H,4-10H2,1-3H3. The number of piperidine rings is 1. The number of sulfonamides is 1. The van der Waals surface area contributed by atoms with E-state index in [2.05, 4.69) is 10.1 Å². The molecule has 2 aliphatic rings. The van der Waals surface area contributed by atoms with Crippen LogP contribution in [0.1, 0.15) is 51.2 Å². The Morgan fingerprint density at radius 1 is 1.28 bits per heavy atom. The van der Waals surface area contributed by atoms with Crippen LogP contribution in [0.4, 0.5) is 0 Å². The molecule has 2 aliphatic heterocycles. The van der Waals surface area contributed by atoms with Crippen LogP contribution in [0.2, 0.25) is 0 Å². The van der Waals surface area contributed by atoms with Crippen molar-refractivity contribution in [2.45, 2.75) is 51.2 Å². The van der Waals surface area contributed by atoms with Crippen molar-refractivity contribution in [2.75, 3.05) is 26.2 Å². The Hall–Kier alpha value is -1.48. The minimum Gasteiger partial charge on any atom is -0.343 e. The fraction of sp³-hybridized carbons (Fsp3) is 0.812. The van der Waals surface area contributed by atoms with Crippen molar-refractivity contribution in [2.24, 2.45) is 5.92 Å². The lowest BCUT2D eigenvalue weighted by Gasteiger charge is -2.38. The van der Waals surface area contributed by atoms with Gasteiger partial charge in [-0.05, 0) is 32.6 Å².